The molecule has 0 saturated carbocycles. The number of benzene rings is 2. The fourth-order valence-electron chi connectivity index (χ4n) is 5.36. The van der Waals surface area contributed by atoms with E-state index in [2.05, 4.69) is 18.3 Å². The standard InChI is InChI=1S/C31H39F2N3O3/c1-5-21-8-7-9-22(11-21)18-35-19-28(37)27(14-23-12-25(32)15-26(33)13-23)31(30(34)39)16-20(3)10-24(17-31)29(38)36(4)6-2/h7-13,15-16,27-28,35,37H,5-6,14,17-19H2,1-4H3,(H2,34,39)/t27-,28+,31?/m1/s1. The first kappa shape index (κ1) is 30.2. The van der Waals surface area contributed by atoms with Crippen LogP contribution >= 0.6 is 0 Å². The number of aliphatic hydroxyl groups excluding tert-OH is 1. The summed E-state index contributed by atoms with van der Waals surface area (Å²) in [5.41, 5.74) is 8.14. The number of aliphatic hydroxyl groups is 1. The Bertz CT molecular complexity index is 1240. The van der Waals surface area contributed by atoms with Crippen molar-refractivity contribution in [2.45, 2.75) is 52.7 Å². The van der Waals surface area contributed by atoms with Crippen molar-refractivity contribution < 1.29 is 23.5 Å². The lowest BCUT2D eigenvalue weighted by molar-refractivity contribution is -0.131. The van der Waals surface area contributed by atoms with Gasteiger partial charge in [-0.25, -0.2) is 8.78 Å². The number of likely N-dealkylation sites (N-methyl/N-ethyl adjacent to an activating group) is 1. The minimum Gasteiger partial charge on any atom is -0.391 e. The molecule has 0 aliphatic heterocycles. The number of amides is 2. The van der Waals surface area contributed by atoms with Gasteiger partial charge in [-0.05, 0) is 61.9 Å². The van der Waals surface area contributed by atoms with E-state index in [-0.39, 0.29) is 30.9 Å². The summed E-state index contributed by atoms with van der Waals surface area (Å²) in [6.45, 7) is 6.74. The number of halogens is 2. The summed E-state index contributed by atoms with van der Waals surface area (Å²) in [5.74, 6) is -3.33. The highest BCUT2D eigenvalue weighted by Gasteiger charge is 2.48. The number of nitrogens with one attached hydrogen (secondary N) is 1. The molecular weight excluding hydrogens is 500 g/mol. The van der Waals surface area contributed by atoms with Crippen molar-refractivity contribution in [3.63, 3.8) is 0 Å². The van der Waals surface area contributed by atoms with Crippen LogP contribution in [0.25, 0.3) is 0 Å². The van der Waals surface area contributed by atoms with Crippen LogP contribution in [-0.2, 0) is 29.0 Å². The third-order valence-corrected chi connectivity index (χ3v) is 7.51. The Morgan fingerprint density at radius 1 is 1.10 bits per heavy atom. The molecule has 210 valence electrons. The molecule has 1 aliphatic carbocycles. The molecule has 0 saturated heterocycles. The molecule has 0 fully saturated rings. The Morgan fingerprint density at radius 3 is 2.38 bits per heavy atom. The predicted octanol–water partition coefficient (Wildman–Crippen LogP) is 4.06. The SMILES string of the molecule is CCc1cccc(CNC[C@H](O)[C@@H](Cc2cc(F)cc(F)c2)C2(C(N)=O)C=C(C)C=C(C(=O)N(C)CC)C2)c1. The maximum Gasteiger partial charge on any atom is 0.249 e. The number of rotatable bonds is 12. The van der Waals surface area contributed by atoms with Crippen molar-refractivity contribution in [2.75, 3.05) is 20.1 Å². The van der Waals surface area contributed by atoms with Crippen molar-refractivity contribution in [3.05, 3.63) is 94.1 Å². The number of aryl methyl sites for hydroxylation is 1. The van der Waals surface area contributed by atoms with Gasteiger partial charge in [0.1, 0.15) is 11.6 Å². The van der Waals surface area contributed by atoms with Crippen LogP contribution in [0.5, 0.6) is 0 Å². The van der Waals surface area contributed by atoms with E-state index in [0.717, 1.165) is 18.1 Å². The fraction of sp³-hybridized carbons (Fsp3) is 0.419. The predicted molar refractivity (Wildman–Crippen MR) is 148 cm³/mol. The molecule has 0 bridgehead atoms. The molecular formula is C31H39F2N3O3. The number of hydrogen-bond acceptors (Lipinski definition) is 4. The highest BCUT2D eigenvalue weighted by molar-refractivity contribution is 5.96. The normalized spacial score (nSPS) is 18.6. The summed E-state index contributed by atoms with van der Waals surface area (Å²) >= 11 is 0. The second kappa shape index (κ2) is 13.1. The Morgan fingerprint density at radius 2 is 1.77 bits per heavy atom. The van der Waals surface area contributed by atoms with Crippen LogP contribution in [-0.4, -0.2) is 48.1 Å². The highest BCUT2D eigenvalue weighted by atomic mass is 19.1. The van der Waals surface area contributed by atoms with Crippen molar-refractivity contribution >= 4 is 11.8 Å². The van der Waals surface area contributed by atoms with E-state index >= 15 is 0 Å². The molecule has 3 atom stereocenters. The third-order valence-electron chi connectivity index (χ3n) is 7.51. The van der Waals surface area contributed by atoms with E-state index < -0.39 is 35.0 Å². The summed E-state index contributed by atoms with van der Waals surface area (Å²) in [7, 11) is 1.67. The van der Waals surface area contributed by atoms with Gasteiger partial charge < -0.3 is 21.1 Å². The van der Waals surface area contributed by atoms with Crippen molar-refractivity contribution in [3.8, 4) is 0 Å². The minimum atomic E-state index is -1.45. The molecule has 8 heteroatoms. The van der Waals surface area contributed by atoms with Crippen LogP contribution in [0.4, 0.5) is 8.78 Å². The summed E-state index contributed by atoms with van der Waals surface area (Å²) in [6, 6.07) is 11.2. The Balaban J connectivity index is 1.96. The van der Waals surface area contributed by atoms with E-state index in [0.29, 0.717) is 24.2 Å². The number of carbonyl (C=O) groups is 2. The van der Waals surface area contributed by atoms with Crippen molar-refractivity contribution in [2.24, 2.45) is 17.1 Å². The van der Waals surface area contributed by atoms with Crippen LogP contribution in [0.1, 0.15) is 43.9 Å². The van der Waals surface area contributed by atoms with Gasteiger partial charge in [-0.3, -0.25) is 9.59 Å². The van der Waals surface area contributed by atoms with Crippen LogP contribution in [0, 0.1) is 23.0 Å². The maximum absolute atomic E-state index is 14.1. The monoisotopic (exact) mass is 539 g/mol. The second-order valence-corrected chi connectivity index (χ2v) is 10.4. The average Bonchev–Trinajstić information content (AvgIpc) is 2.89. The third kappa shape index (κ3) is 7.40. The number of allylic oxidation sites excluding steroid dienone is 2. The molecule has 4 N–H and O–H groups in total. The van der Waals surface area contributed by atoms with E-state index in [9.17, 15) is 23.5 Å². The van der Waals surface area contributed by atoms with Gasteiger partial charge in [0.15, 0.2) is 0 Å². The van der Waals surface area contributed by atoms with Crippen LogP contribution in [0.15, 0.2) is 65.8 Å². The van der Waals surface area contributed by atoms with Gasteiger partial charge in [0.2, 0.25) is 11.8 Å². The maximum atomic E-state index is 14.1. The van der Waals surface area contributed by atoms with Crippen LogP contribution in [0.3, 0.4) is 0 Å². The first-order valence-corrected chi connectivity index (χ1v) is 13.4. The first-order chi connectivity index (χ1) is 18.5. The molecule has 39 heavy (non-hydrogen) atoms. The molecule has 1 aliphatic rings. The lowest BCUT2D eigenvalue weighted by atomic mass is 9.63. The summed E-state index contributed by atoms with van der Waals surface area (Å²) < 4.78 is 28.2. The van der Waals surface area contributed by atoms with Gasteiger partial charge in [-0.2, -0.15) is 0 Å². The Kier molecular flexibility index (Phi) is 10.2. The smallest absolute Gasteiger partial charge is 0.249 e. The Labute approximate surface area is 229 Å². The number of primary amides is 1. The van der Waals surface area contributed by atoms with Gasteiger partial charge in [-0.1, -0.05) is 48.9 Å². The minimum absolute atomic E-state index is 0.0269. The van der Waals surface area contributed by atoms with Crippen molar-refractivity contribution in [1.82, 2.24) is 10.2 Å². The summed E-state index contributed by atoms with van der Waals surface area (Å²) in [6.07, 6.45) is 3.13. The molecule has 2 amide bonds. The van der Waals surface area contributed by atoms with Gasteiger partial charge in [0.25, 0.3) is 0 Å². The average molecular weight is 540 g/mol. The van der Waals surface area contributed by atoms with E-state index in [4.69, 9.17) is 5.73 Å². The quantitative estimate of drug-likeness (QED) is 0.379. The van der Waals surface area contributed by atoms with Gasteiger partial charge >= 0.3 is 0 Å². The van der Waals surface area contributed by atoms with Gasteiger partial charge in [0.05, 0.1) is 11.5 Å². The zero-order chi connectivity index (χ0) is 28.7. The van der Waals surface area contributed by atoms with Gasteiger partial charge in [0, 0.05) is 44.2 Å². The number of nitrogens with zero attached hydrogens (tertiary/aromatic N) is 1. The molecule has 2 aromatic carbocycles. The molecule has 0 radical (unpaired) electrons. The fourth-order valence-corrected chi connectivity index (χ4v) is 5.36. The van der Waals surface area contributed by atoms with Crippen molar-refractivity contribution in [1.29, 1.82) is 0 Å². The highest BCUT2D eigenvalue weighted by Crippen LogP contribution is 2.44. The molecule has 3 rings (SSSR count). The van der Waals surface area contributed by atoms with Gasteiger partial charge in [-0.15, -0.1) is 0 Å². The molecule has 0 heterocycles. The largest absolute Gasteiger partial charge is 0.391 e. The van der Waals surface area contributed by atoms with E-state index in [1.165, 1.54) is 22.6 Å². The molecule has 2 aromatic rings. The molecule has 0 aromatic heterocycles. The first-order valence-electron chi connectivity index (χ1n) is 13.4. The zero-order valence-electron chi connectivity index (χ0n) is 23.1. The second-order valence-electron chi connectivity index (χ2n) is 10.4. The summed E-state index contributed by atoms with van der Waals surface area (Å²) in [5, 5.41) is 14.8. The molecule has 1 unspecified atom stereocenters. The number of nitrogens with two attached hydrogens (primary N) is 1. The zero-order valence-corrected chi connectivity index (χ0v) is 23.1. The Hall–Kier alpha value is -3.36. The lowest BCUT2D eigenvalue weighted by Crippen LogP contribution is -2.51. The lowest BCUT2D eigenvalue weighted by Gasteiger charge is -2.41. The van der Waals surface area contributed by atoms with Crippen LogP contribution < -0.4 is 11.1 Å². The van der Waals surface area contributed by atoms with E-state index in [1.54, 1.807) is 26.1 Å². The topological polar surface area (TPSA) is 95.7 Å². The molecule has 6 nitrogen and oxygen atoms in total. The van der Waals surface area contributed by atoms with Crippen LogP contribution in [0.2, 0.25) is 0 Å². The number of hydrogen-bond donors (Lipinski definition) is 3. The number of carbonyl (C=O) groups excluding carboxylic acids is 2. The summed E-state index contributed by atoms with van der Waals surface area (Å²) in [4.78, 5) is 27.9. The van der Waals surface area contributed by atoms with E-state index in [1.807, 2.05) is 25.1 Å². The molecule has 0 spiro atoms.